The van der Waals surface area contributed by atoms with Gasteiger partial charge in [0.05, 0.1) is 12.1 Å². The van der Waals surface area contributed by atoms with Crippen molar-refractivity contribution in [2.24, 2.45) is 7.05 Å². The molecule has 130 valence electrons. The van der Waals surface area contributed by atoms with Gasteiger partial charge in [-0.1, -0.05) is 25.1 Å². The average Bonchev–Trinajstić information content (AvgIpc) is 2.96. The zero-order valence-corrected chi connectivity index (χ0v) is 15.1. The van der Waals surface area contributed by atoms with Crippen LogP contribution in [0.15, 0.2) is 37.2 Å². The molecule has 0 aliphatic carbocycles. The fourth-order valence-electron chi connectivity index (χ4n) is 2.71. The van der Waals surface area contributed by atoms with Gasteiger partial charge in [-0.3, -0.25) is 4.68 Å². The van der Waals surface area contributed by atoms with Gasteiger partial charge >= 0.3 is 0 Å². The van der Waals surface area contributed by atoms with Crippen LogP contribution < -0.4 is 10.1 Å². The highest BCUT2D eigenvalue weighted by Gasteiger charge is 2.14. The third-order valence-electron chi connectivity index (χ3n) is 3.87. The van der Waals surface area contributed by atoms with Gasteiger partial charge in [-0.2, -0.15) is 5.10 Å². The van der Waals surface area contributed by atoms with Crippen LogP contribution in [0.1, 0.15) is 50.2 Å². The molecule has 1 aromatic carbocycles. The molecule has 1 atom stereocenters. The van der Waals surface area contributed by atoms with Crippen molar-refractivity contribution in [3.05, 3.63) is 54.1 Å². The highest BCUT2D eigenvalue weighted by atomic mass is 16.5. The molecule has 1 heterocycles. The van der Waals surface area contributed by atoms with Crippen molar-refractivity contribution < 1.29 is 4.74 Å². The van der Waals surface area contributed by atoms with Crippen molar-refractivity contribution >= 4 is 0 Å². The van der Waals surface area contributed by atoms with E-state index in [0.717, 1.165) is 31.0 Å². The topological polar surface area (TPSA) is 52.0 Å². The Morgan fingerprint density at radius 3 is 2.75 bits per heavy atom. The van der Waals surface area contributed by atoms with Gasteiger partial charge in [-0.25, -0.2) is 4.98 Å². The average molecular weight is 328 g/mol. The number of nitrogens with one attached hydrogen (secondary N) is 1. The molecule has 0 unspecified atom stereocenters. The van der Waals surface area contributed by atoms with Crippen LogP contribution in [-0.2, 0) is 20.0 Å². The largest absolute Gasteiger partial charge is 0.491 e. The number of nitrogens with zero attached hydrogens (tertiary/aromatic N) is 3. The summed E-state index contributed by atoms with van der Waals surface area (Å²) >= 11 is 0. The molecule has 1 N–H and O–H groups in total. The number of hydrogen-bond acceptors (Lipinski definition) is 4. The molecule has 0 spiro atoms. The van der Waals surface area contributed by atoms with Crippen LogP contribution in [-0.4, -0.2) is 20.9 Å². The minimum Gasteiger partial charge on any atom is -0.491 e. The maximum absolute atomic E-state index is 5.88. The van der Waals surface area contributed by atoms with E-state index in [2.05, 4.69) is 47.1 Å². The summed E-state index contributed by atoms with van der Waals surface area (Å²) in [6.07, 6.45) is 5.43. The smallest absolute Gasteiger partial charge is 0.143 e. The van der Waals surface area contributed by atoms with E-state index in [1.54, 1.807) is 6.33 Å². The molecule has 0 saturated heterocycles. The highest BCUT2D eigenvalue weighted by Crippen LogP contribution is 2.23. The molecule has 0 saturated carbocycles. The number of benzene rings is 1. The lowest BCUT2D eigenvalue weighted by Crippen LogP contribution is -2.23. The van der Waals surface area contributed by atoms with E-state index in [9.17, 15) is 0 Å². The Balaban J connectivity index is 2.10. The van der Waals surface area contributed by atoms with Crippen LogP contribution in [0.4, 0.5) is 0 Å². The summed E-state index contributed by atoms with van der Waals surface area (Å²) in [6.45, 7) is 10.9. The standard InChI is InChI=1S/C19H28N4O/c1-6-8-16-11-15(9-10-18(16)24-14(3)4)12-20-17(7-2)19-21-13-22-23(19)5/h6,9-11,13-14,17,20H,1,7-8,12H2,2-5H3/t17-/m0/s1. The summed E-state index contributed by atoms with van der Waals surface area (Å²) in [4.78, 5) is 4.35. The number of aryl methyl sites for hydroxylation is 1. The van der Waals surface area contributed by atoms with Crippen LogP contribution in [0, 0.1) is 0 Å². The monoisotopic (exact) mass is 328 g/mol. The highest BCUT2D eigenvalue weighted by molar-refractivity contribution is 5.38. The maximum Gasteiger partial charge on any atom is 0.143 e. The third-order valence-corrected chi connectivity index (χ3v) is 3.87. The molecule has 0 aliphatic rings. The first kappa shape index (κ1) is 18.2. The number of allylic oxidation sites excluding steroid dienone is 1. The summed E-state index contributed by atoms with van der Waals surface area (Å²) in [5.74, 6) is 1.90. The Kier molecular flexibility index (Phi) is 6.55. The van der Waals surface area contributed by atoms with Crippen molar-refractivity contribution in [3.8, 4) is 5.75 Å². The van der Waals surface area contributed by atoms with Crippen LogP contribution in [0.2, 0.25) is 0 Å². The summed E-state index contributed by atoms with van der Waals surface area (Å²) in [5, 5.41) is 7.72. The second-order valence-corrected chi connectivity index (χ2v) is 6.19. The van der Waals surface area contributed by atoms with E-state index in [1.165, 1.54) is 11.1 Å². The lowest BCUT2D eigenvalue weighted by molar-refractivity contribution is 0.240. The first-order valence-corrected chi connectivity index (χ1v) is 8.51. The molecule has 2 rings (SSSR count). The molecule has 0 radical (unpaired) electrons. The van der Waals surface area contributed by atoms with Crippen molar-refractivity contribution in [3.63, 3.8) is 0 Å². The Hall–Kier alpha value is -2.14. The van der Waals surface area contributed by atoms with E-state index in [1.807, 2.05) is 31.7 Å². The summed E-state index contributed by atoms with van der Waals surface area (Å²) in [5.41, 5.74) is 2.40. The molecule has 0 fully saturated rings. The molecule has 5 nitrogen and oxygen atoms in total. The summed E-state index contributed by atoms with van der Waals surface area (Å²) in [6, 6.07) is 6.54. The Bertz CT molecular complexity index is 663. The molecule has 0 amide bonds. The van der Waals surface area contributed by atoms with Gasteiger partial charge in [-0.05, 0) is 43.9 Å². The SMILES string of the molecule is C=CCc1cc(CN[C@@H](CC)c2ncnn2C)ccc1OC(C)C. The minimum absolute atomic E-state index is 0.165. The first-order valence-electron chi connectivity index (χ1n) is 8.51. The van der Waals surface area contributed by atoms with Crippen molar-refractivity contribution in [2.75, 3.05) is 0 Å². The second kappa shape index (κ2) is 8.64. The molecular weight excluding hydrogens is 300 g/mol. The predicted molar refractivity (Wildman–Crippen MR) is 97.0 cm³/mol. The molecule has 0 bridgehead atoms. The fourth-order valence-corrected chi connectivity index (χ4v) is 2.71. The lowest BCUT2D eigenvalue weighted by Gasteiger charge is -2.18. The summed E-state index contributed by atoms with van der Waals surface area (Å²) < 4.78 is 7.71. The Morgan fingerprint density at radius 2 is 2.17 bits per heavy atom. The zero-order chi connectivity index (χ0) is 17.5. The van der Waals surface area contributed by atoms with Crippen molar-refractivity contribution in [1.82, 2.24) is 20.1 Å². The van der Waals surface area contributed by atoms with E-state index >= 15 is 0 Å². The lowest BCUT2D eigenvalue weighted by atomic mass is 10.1. The van der Waals surface area contributed by atoms with E-state index in [-0.39, 0.29) is 12.1 Å². The fraction of sp³-hybridized carbons (Fsp3) is 0.474. The van der Waals surface area contributed by atoms with Gasteiger partial charge in [0.15, 0.2) is 0 Å². The van der Waals surface area contributed by atoms with E-state index in [0.29, 0.717) is 0 Å². The van der Waals surface area contributed by atoms with Gasteiger partial charge < -0.3 is 10.1 Å². The minimum atomic E-state index is 0.165. The van der Waals surface area contributed by atoms with Gasteiger partial charge in [0.2, 0.25) is 0 Å². The van der Waals surface area contributed by atoms with Gasteiger partial charge in [0.25, 0.3) is 0 Å². The molecule has 0 aliphatic heterocycles. The van der Waals surface area contributed by atoms with E-state index < -0.39 is 0 Å². The van der Waals surface area contributed by atoms with Crippen LogP contribution in [0.3, 0.4) is 0 Å². The molecular formula is C19H28N4O. The predicted octanol–water partition coefficient (Wildman–Crippen LogP) is 3.57. The van der Waals surface area contributed by atoms with Gasteiger partial charge in [0, 0.05) is 13.6 Å². The second-order valence-electron chi connectivity index (χ2n) is 6.19. The van der Waals surface area contributed by atoms with E-state index in [4.69, 9.17) is 4.74 Å². The molecule has 2 aromatic rings. The van der Waals surface area contributed by atoms with Gasteiger partial charge in [0.1, 0.15) is 17.9 Å². The molecule has 24 heavy (non-hydrogen) atoms. The number of rotatable bonds is 9. The number of aromatic nitrogens is 3. The van der Waals surface area contributed by atoms with Crippen LogP contribution in [0.5, 0.6) is 5.75 Å². The summed E-state index contributed by atoms with van der Waals surface area (Å²) in [7, 11) is 1.92. The van der Waals surface area contributed by atoms with Crippen molar-refractivity contribution in [1.29, 1.82) is 0 Å². The quantitative estimate of drug-likeness (QED) is 0.715. The Labute approximate surface area is 144 Å². The van der Waals surface area contributed by atoms with Crippen LogP contribution >= 0.6 is 0 Å². The third kappa shape index (κ3) is 4.68. The zero-order valence-electron chi connectivity index (χ0n) is 15.1. The number of ether oxygens (including phenoxy) is 1. The number of hydrogen-bond donors (Lipinski definition) is 1. The normalized spacial score (nSPS) is 12.4. The van der Waals surface area contributed by atoms with Crippen molar-refractivity contribution in [2.45, 2.75) is 52.3 Å². The van der Waals surface area contributed by atoms with Gasteiger partial charge in [-0.15, -0.1) is 6.58 Å². The molecule has 5 heteroatoms. The van der Waals surface area contributed by atoms with Crippen LogP contribution in [0.25, 0.3) is 0 Å². The first-order chi connectivity index (χ1) is 11.5. The Morgan fingerprint density at radius 1 is 1.38 bits per heavy atom. The molecule has 1 aromatic heterocycles. The maximum atomic E-state index is 5.88.